The van der Waals surface area contributed by atoms with E-state index in [9.17, 15) is 14.4 Å². The van der Waals surface area contributed by atoms with Gasteiger partial charge < -0.3 is 39.2 Å². The van der Waals surface area contributed by atoms with Gasteiger partial charge in [0.05, 0.1) is 77.0 Å². The minimum absolute atomic E-state index is 0.00330. The maximum absolute atomic E-state index is 13.9. The lowest BCUT2D eigenvalue weighted by Gasteiger charge is -2.32. The topological polar surface area (TPSA) is 146 Å². The molecule has 2 aromatic carbocycles. The summed E-state index contributed by atoms with van der Waals surface area (Å²) in [5, 5.41) is 6.88. The van der Waals surface area contributed by atoms with Crippen LogP contribution in [0.2, 0.25) is 0 Å². The number of carbonyl (C=O) groups excluding carboxylic acids is 2. The molecule has 1 atom stereocenters. The number of hydrogen-bond donors (Lipinski definition) is 2. The molecule has 5 rings (SSSR count). The molecule has 0 saturated carbocycles. The van der Waals surface area contributed by atoms with Gasteiger partial charge in [-0.1, -0.05) is 30.3 Å². The van der Waals surface area contributed by atoms with Crippen LogP contribution in [0.25, 0.3) is 10.9 Å². The number of ether oxygens (including phenoxy) is 5. The molecule has 2 aliphatic heterocycles. The fraction of sp³-hybridized carbons (Fsp3) is 0.610. The molecule has 0 spiro atoms. The van der Waals surface area contributed by atoms with Crippen LogP contribution in [-0.4, -0.2) is 143 Å². The first kappa shape index (κ1) is 42.4. The summed E-state index contributed by atoms with van der Waals surface area (Å²) in [4.78, 5) is 49.4. The van der Waals surface area contributed by atoms with E-state index in [1.165, 1.54) is 0 Å². The van der Waals surface area contributed by atoms with Crippen LogP contribution in [0.15, 0.2) is 47.3 Å². The second kappa shape index (κ2) is 23.3. The highest BCUT2D eigenvalue weighted by Crippen LogP contribution is 2.18. The number of morpholine rings is 1. The molecule has 0 radical (unpaired) electrons. The van der Waals surface area contributed by atoms with Crippen LogP contribution in [0.5, 0.6) is 0 Å². The smallest absolute Gasteiger partial charge is 0.261 e. The van der Waals surface area contributed by atoms with Crippen molar-refractivity contribution in [3.63, 3.8) is 0 Å². The largest absolute Gasteiger partial charge is 0.378 e. The number of aromatic nitrogens is 2. The Hall–Kier alpha value is -3.76. The fourth-order valence-electron chi connectivity index (χ4n) is 6.90. The molecule has 1 unspecified atom stereocenters. The van der Waals surface area contributed by atoms with Crippen molar-refractivity contribution in [2.75, 3.05) is 111 Å². The number of amides is 2. The number of benzene rings is 2. The van der Waals surface area contributed by atoms with Crippen molar-refractivity contribution in [3.05, 3.63) is 69.8 Å². The van der Waals surface area contributed by atoms with Crippen molar-refractivity contribution in [2.24, 2.45) is 0 Å². The minimum atomic E-state index is -0.203. The molecule has 0 aliphatic carbocycles. The Morgan fingerprint density at radius 2 is 1.47 bits per heavy atom. The number of anilines is 1. The lowest BCUT2D eigenvalue weighted by atomic mass is 10.1. The third-order valence-electron chi connectivity index (χ3n) is 10.1. The average Bonchev–Trinajstić information content (AvgIpc) is 3.19. The van der Waals surface area contributed by atoms with Gasteiger partial charge in [0.2, 0.25) is 11.8 Å². The third kappa shape index (κ3) is 13.7. The highest BCUT2D eigenvalue weighted by molar-refractivity contribution is 5.91. The first-order valence-corrected chi connectivity index (χ1v) is 19.9. The Morgan fingerprint density at radius 3 is 2.24 bits per heavy atom. The van der Waals surface area contributed by atoms with Crippen LogP contribution in [-0.2, 0) is 46.2 Å². The van der Waals surface area contributed by atoms with Crippen LogP contribution in [0, 0.1) is 13.8 Å². The molecule has 2 N–H and O–H groups in total. The quantitative estimate of drug-likeness (QED) is 0.298. The van der Waals surface area contributed by atoms with Crippen molar-refractivity contribution >= 4 is 28.4 Å². The first-order valence-electron chi connectivity index (χ1n) is 19.9. The summed E-state index contributed by atoms with van der Waals surface area (Å²) in [5.74, 6) is 0.461. The predicted octanol–water partition coefficient (Wildman–Crippen LogP) is 2.95. The monoisotopic (exact) mass is 764 g/mol. The molecular weight excluding hydrogens is 704 g/mol. The zero-order valence-electron chi connectivity index (χ0n) is 32.7. The maximum atomic E-state index is 13.9. The van der Waals surface area contributed by atoms with E-state index in [2.05, 4.69) is 15.5 Å². The van der Waals surface area contributed by atoms with Crippen molar-refractivity contribution in [1.29, 1.82) is 0 Å². The average molecular weight is 765 g/mol. The molecule has 3 heterocycles. The summed E-state index contributed by atoms with van der Waals surface area (Å²) < 4.78 is 30.7. The van der Waals surface area contributed by atoms with E-state index in [0.29, 0.717) is 135 Å². The Labute approximate surface area is 324 Å². The van der Waals surface area contributed by atoms with E-state index in [1.54, 1.807) is 15.5 Å². The Bertz CT molecular complexity index is 1700. The zero-order chi connectivity index (χ0) is 38.7. The van der Waals surface area contributed by atoms with Gasteiger partial charge in [0.1, 0.15) is 12.4 Å². The molecule has 302 valence electrons. The summed E-state index contributed by atoms with van der Waals surface area (Å²) in [6.45, 7) is 12.8. The number of hydrogen-bond acceptors (Lipinski definition) is 11. The van der Waals surface area contributed by atoms with Crippen molar-refractivity contribution < 1.29 is 33.3 Å². The van der Waals surface area contributed by atoms with Gasteiger partial charge in [0, 0.05) is 57.3 Å². The molecule has 0 bridgehead atoms. The Kier molecular flexibility index (Phi) is 18.0. The van der Waals surface area contributed by atoms with Crippen molar-refractivity contribution in [3.8, 4) is 0 Å². The number of rotatable bonds is 11. The maximum Gasteiger partial charge on any atom is 0.261 e. The Balaban J connectivity index is 1.30. The van der Waals surface area contributed by atoms with E-state index in [4.69, 9.17) is 28.7 Å². The van der Waals surface area contributed by atoms with E-state index in [0.717, 1.165) is 36.3 Å². The number of nitrogens with zero attached hydrogens (tertiary/aromatic N) is 4. The van der Waals surface area contributed by atoms with Gasteiger partial charge in [-0.2, -0.15) is 0 Å². The van der Waals surface area contributed by atoms with Gasteiger partial charge in [-0.15, -0.1) is 0 Å². The van der Waals surface area contributed by atoms with Gasteiger partial charge in [-0.3, -0.25) is 23.9 Å². The van der Waals surface area contributed by atoms with Crippen LogP contribution in [0.3, 0.4) is 0 Å². The summed E-state index contributed by atoms with van der Waals surface area (Å²) in [6.07, 6.45) is 2.97. The molecule has 55 heavy (non-hydrogen) atoms. The molecular formula is C41H60N6O8. The minimum Gasteiger partial charge on any atom is -0.378 e. The van der Waals surface area contributed by atoms with Gasteiger partial charge >= 0.3 is 0 Å². The second-order valence-corrected chi connectivity index (χ2v) is 14.1. The summed E-state index contributed by atoms with van der Waals surface area (Å²) >= 11 is 0. The SMILES string of the molecule is Cc1ccccc1NC(=O)CCCC1COCCOCCNCCOCCOCCN1CCCc1nc2c(C)cccc2c(=O)n1CC(=O)N1CCOCC1. The number of aryl methyl sites for hydroxylation is 3. The number of para-hydroxylation sites is 2. The van der Waals surface area contributed by atoms with Crippen LogP contribution >= 0.6 is 0 Å². The lowest BCUT2D eigenvalue weighted by molar-refractivity contribution is -0.136. The van der Waals surface area contributed by atoms with Crippen molar-refractivity contribution in [2.45, 2.75) is 58.5 Å². The van der Waals surface area contributed by atoms with E-state index >= 15 is 0 Å². The number of fused-ring (bicyclic) bond motifs is 1. The highest BCUT2D eigenvalue weighted by atomic mass is 16.5. The van der Waals surface area contributed by atoms with Crippen LogP contribution in [0.4, 0.5) is 5.69 Å². The first-order chi connectivity index (χ1) is 26.9. The lowest BCUT2D eigenvalue weighted by Crippen LogP contribution is -2.44. The van der Waals surface area contributed by atoms with Gasteiger partial charge in [-0.05, 0) is 62.9 Å². The third-order valence-corrected chi connectivity index (χ3v) is 10.1. The zero-order valence-corrected chi connectivity index (χ0v) is 32.7. The summed E-state index contributed by atoms with van der Waals surface area (Å²) in [6, 6.07) is 13.4. The molecule has 14 nitrogen and oxygen atoms in total. The molecule has 14 heteroatoms. The van der Waals surface area contributed by atoms with E-state index in [1.807, 2.05) is 50.2 Å². The molecule has 2 aliphatic rings. The van der Waals surface area contributed by atoms with Crippen LogP contribution in [0.1, 0.15) is 42.6 Å². The molecule has 2 saturated heterocycles. The van der Waals surface area contributed by atoms with E-state index in [-0.39, 0.29) is 30.0 Å². The standard InChI is InChI=1S/C41H60N6O8/c1-32-8-3-4-12-36(32)43-38(48)14-6-10-34-31-55-29-28-52-22-16-42-15-21-51-26-27-54-23-18-45(34)17-7-13-37-44-40-33(2)9-5-11-35(40)41(50)47(37)30-39(49)46-19-24-53-25-20-46/h3-5,8-9,11-12,34,42H,6-7,10,13-31H2,1-2H3,(H,43,48). The highest BCUT2D eigenvalue weighted by Gasteiger charge is 2.23. The normalized spacial score (nSPS) is 19.1. The van der Waals surface area contributed by atoms with Gasteiger partial charge in [0.15, 0.2) is 0 Å². The summed E-state index contributed by atoms with van der Waals surface area (Å²) in [7, 11) is 0. The second-order valence-electron chi connectivity index (χ2n) is 14.1. The Morgan fingerprint density at radius 1 is 0.800 bits per heavy atom. The molecule has 3 aromatic rings. The van der Waals surface area contributed by atoms with Gasteiger partial charge in [0.25, 0.3) is 5.56 Å². The number of carbonyl (C=O) groups is 2. The number of nitrogens with one attached hydrogen (secondary N) is 2. The summed E-state index contributed by atoms with van der Waals surface area (Å²) in [5.41, 5.74) is 3.23. The van der Waals surface area contributed by atoms with Crippen molar-refractivity contribution in [1.82, 2.24) is 24.7 Å². The van der Waals surface area contributed by atoms with Gasteiger partial charge in [-0.25, -0.2) is 4.98 Å². The molecule has 2 fully saturated rings. The molecule has 2 amide bonds. The van der Waals surface area contributed by atoms with Crippen LogP contribution < -0.4 is 16.2 Å². The fourth-order valence-corrected chi connectivity index (χ4v) is 6.90. The van der Waals surface area contributed by atoms with E-state index < -0.39 is 0 Å². The predicted molar refractivity (Wildman–Crippen MR) is 212 cm³/mol. The molecule has 1 aromatic heterocycles.